The van der Waals surface area contributed by atoms with Crippen molar-refractivity contribution in [1.29, 1.82) is 0 Å². The molecule has 0 aliphatic heterocycles. The molecule has 0 bridgehead atoms. The molecule has 0 aliphatic carbocycles. The first-order valence-corrected chi connectivity index (χ1v) is 8.66. The Labute approximate surface area is 154 Å². The summed E-state index contributed by atoms with van der Waals surface area (Å²) in [5.74, 6) is 0. The molecule has 1 unspecified atom stereocenters. The average molecular weight is 349 g/mol. The van der Waals surface area contributed by atoms with Crippen molar-refractivity contribution in [3.05, 3.63) is 107 Å². The van der Waals surface area contributed by atoms with Gasteiger partial charge in [0.1, 0.15) is 0 Å². The van der Waals surface area contributed by atoms with Crippen molar-refractivity contribution in [2.45, 2.75) is 12.6 Å². The molecule has 0 saturated heterocycles. The summed E-state index contributed by atoms with van der Waals surface area (Å²) in [5.41, 5.74) is 10.2. The number of rotatable bonds is 6. The highest BCUT2D eigenvalue weighted by Gasteiger charge is 2.07. The minimum Gasteiger partial charge on any atom is -0.375 e. The zero-order chi connectivity index (χ0) is 17.5. The van der Waals surface area contributed by atoms with Crippen LogP contribution in [0.15, 0.2) is 84.9 Å². The Hall–Kier alpha value is -2.55. The summed E-state index contributed by atoms with van der Waals surface area (Å²) in [7, 11) is 0. The lowest BCUT2D eigenvalue weighted by molar-refractivity contribution is 0.990. The maximum absolute atomic E-state index is 5.98. The van der Waals surface area contributed by atoms with Crippen molar-refractivity contribution in [1.82, 2.24) is 0 Å². The number of hydrogen-bond donors (Lipinski definition) is 2. The first-order chi connectivity index (χ1) is 12.2. The molecule has 25 heavy (non-hydrogen) atoms. The van der Waals surface area contributed by atoms with E-state index < -0.39 is 0 Å². The molecule has 0 amide bonds. The van der Waals surface area contributed by atoms with Gasteiger partial charge in [0.15, 0.2) is 0 Å². The van der Waals surface area contributed by atoms with Crippen LogP contribution in [0.2, 0.25) is 5.02 Å². The van der Waals surface area contributed by atoms with Gasteiger partial charge in [-0.25, -0.2) is 0 Å². The minimum absolute atomic E-state index is 0.0663. The van der Waals surface area contributed by atoms with Crippen molar-refractivity contribution in [2.75, 3.05) is 5.32 Å². The second kappa shape index (κ2) is 8.52. The zero-order valence-corrected chi connectivity index (χ0v) is 14.7. The first-order valence-electron chi connectivity index (χ1n) is 8.29. The predicted molar refractivity (Wildman–Crippen MR) is 108 cm³/mol. The standard InChI is InChI=1S/C22H21ClN2/c23-20-11-13-21(14-12-20)25-22(19-4-2-1-3-5-19)15-10-17-6-8-18(16-24)9-7-17/h1-15,22,25H,16,24H2. The normalized spacial score (nSPS) is 12.2. The first kappa shape index (κ1) is 17.3. The van der Waals surface area contributed by atoms with Gasteiger partial charge < -0.3 is 11.1 Å². The quantitative estimate of drug-likeness (QED) is 0.602. The molecule has 0 radical (unpaired) electrons. The number of nitrogens with one attached hydrogen (secondary N) is 1. The molecule has 126 valence electrons. The van der Waals surface area contributed by atoms with Crippen molar-refractivity contribution in [3.8, 4) is 0 Å². The third-order valence-electron chi connectivity index (χ3n) is 4.02. The second-order valence-electron chi connectivity index (χ2n) is 5.84. The van der Waals surface area contributed by atoms with E-state index in [1.54, 1.807) is 0 Å². The molecule has 3 aromatic rings. The topological polar surface area (TPSA) is 38.0 Å². The summed E-state index contributed by atoms with van der Waals surface area (Å²) >= 11 is 5.98. The van der Waals surface area contributed by atoms with E-state index >= 15 is 0 Å². The molecule has 3 aromatic carbocycles. The smallest absolute Gasteiger partial charge is 0.0701 e. The van der Waals surface area contributed by atoms with Crippen LogP contribution in [-0.2, 0) is 6.54 Å². The number of nitrogens with two attached hydrogens (primary N) is 1. The van der Waals surface area contributed by atoms with Gasteiger partial charge in [-0.05, 0) is 41.0 Å². The van der Waals surface area contributed by atoms with Gasteiger partial charge in [0, 0.05) is 17.3 Å². The SMILES string of the molecule is NCc1ccc(C=CC(Nc2ccc(Cl)cc2)c2ccccc2)cc1. The fourth-order valence-electron chi connectivity index (χ4n) is 2.60. The van der Waals surface area contributed by atoms with Crippen LogP contribution in [0.3, 0.4) is 0 Å². The van der Waals surface area contributed by atoms with Crippen molar-refractivity contribution >= 4 is 23.4 Å². The summed E-state index contributed by atoms with van der Waals surface area (Å²) in [6, 6.07) is 26.5. The summed E-state index contributed by atoms with van der Waals surface area (Å²) in [6.45, 7) is 0.564. The highest BCUT2D eigenvalue weighted by molar-refractivity contribution is 6.30. The van der Waals surface area contributed by atoms with Gasteiger partial charge in [0.05, 0.1) is 6.04 Å². The molecule has 1 atom stereocenters. The number of benzene rings is 3. The van der Waals surface area contributed by atoms with E-state index in [1.807, 2.05) is 30.3 Å². The lowest BCUT2D eigenvalue weighted by Crippen LogP contribution is -2.07. The number of halogens is 1. The second-order valence-corrected chi connectivity index (χ2v) is 6.28. The van der Waals surface area contributed by atoms with E-state index in [9.17, 15) is 0 Å². The van der Waals surface area contributed by atoms with E-state index in [-0.39, 0.29) is 6.04 Å². The zero-order valence-electron chi connectivity index (χ0n) is 13.9. The highest BCUT2D eigenvalue weighted by Crippen LogP contribution is 2.23. The molecule has 3 N–H and O–H groups in total. The Morgan fingerprint density at radius 1 is 0.880 bits per heavy atom. The molecule has 0 aromatic heterocycles. The Balaban J connectivity index is 1.82. The van der Waals surface area contributed by atoms with E-state index in [2.05, 4.69) is 66.0 Å². The Morgan fingerprint density at radius 3 is 2.20 bits per heavy atom. The largest absolute Gasteiger partial charge is 0.375 e. The van der Waals surface area contributed by atoms with Crippen molar-refractivity contribution in [3.63, 3.8) is 0 Å². The number of anilines is 1. The molecule has 3 heteroatoms. The molecule has 0 saturated carbocycles. The summed E-state index contributed by atoms with van der Waals surface area (Å²) in [5, 5.41) is 4.28. The van der Waals surface area contributed by atoms with E-state index in [1.165, 1.54) is 5.56 Å². The van der Waals surface area contributed by atoms with Crippen LogP contribution in [0.4, 0.5) is 5.69 Å². The Kier molecular flexibility index (Phi) is 5.89. The van der Waals surface area contributed by atoms with Gasteiger partial charge in [-0.2, -0.15) is 0 Å². The monoisotopic (exact) mass is 348 g/mol. The van der Waals surface area contributed by atoms with E-state index in [0.29, 0.717) is 6.54 Å². The van der Waals surface area contributed by atoms with Crippen LogP contribution in [0.1, 0.15) is 22.7 Å². The van der Waals surface area contributed by atoms with Crippen LogP contribution in [0.5, 0.6) is 0 Å². The van der Waals surface area contributed by atoms with Gasteiger partial charge in [0.25, 0.3) is 0 Å². The van der Waals surface area contributed by atoms with Crippen LogP contribution in [0.25, 0.3) is 6.08 Å². The van der Waals surface area contributed by atoms with Crippen LogP contribution in [0, 0.1) is 0 Å². The minimum atomic E-state index is 0.0663. The summed E-state index contributed by atoms with van der Waals surface area (Å²) < 4.78 is 0. The molecule has 0 aliphatic rings. The van der Waals surface area contributed by atoms with Gasteiger partial charge in [-0.1, -0.05) is 78.4 Å². The molecule has 0 heterocycles. The molecular formula is C22H21ClN2. The fourth-order valence-corrected chi connectivity index (χ4v) is 2.73. The fraction of sp³-hybridized carbons (Fsp3) is 0.0909. The molecule has 0 spiro atoms. The van der Waals surface area contributed by atoms with E-state index in [0.717, 1.165) is 21.8 Å². The predicted octanol–water partition coefficient (Wildman–Crippen LogP) is 5.67. The van der Waals surface area contributed by atoms with Crippen molar-refractivity contribution < 1.29 is 0 Å². The molecule has 2 nitrogen and oxygen atoms in total. The maximum Gasteiger partial charge on any atom is 0.0701 e. The van der Waals surface area contributed by atoms with Gasteiger partial charge >= 0.3 is 0 Å². The van der Waals surface area contributed by atoms with Gasteiger partial charge in [0.2, 0.25) is 0 Å². The lowest BCUT2D eigenvalue weighted by atomic mass is 10.0. The molecule has 3 rings (SSSR count). The van der Waals surface area contributed by atoms with Crippen molar-refractivity contribution in [2.24, 2.45) is 5.73 Å². The van der Waals surface area contributed by atoms with E-state index in [4.69, 9.17) is 17.3 Å². The summed E-state index contributed by atoms with van der Waals surface area (Å²) in [6.07, 6.45) is 4.29. The Bertz CT molecular complexity index is 809. The van der Waals surface area contributed by atoms with Crippen LogP contribution < -0.4 is 11.1 Å². The Morgan fingerprint density at radius 2 is 1.56 bits per heavy atom. The maximum atomic E-state index is 5.98. The van der Waals surface area contributed by atoms with Gasteiger partial charge in [-0.15, -0.1) is 0 Å². The molecule has 0 fully saturated rings. The number of hydrogen-bond acceptors (Lipinski definition) is 2. The third-order valence-corrected chi connectivity index (χ3v) is 4.27. The molecular weight excluding hydrogens is 328 g/mol. The van der Waals surface area contributed by atoms with Crippen LogP contribution >= 0.6 is 11.6 Å². The van der Waals surface area contributed by atoms with Crippen LogP contribution in [-0.4, -0.2) is 0 Å². The third kappa shape index (κ3) is 4.96. The summed E-state index contributed by atoms with van der Waals surface area (Å²) in [4.78, 5) is 0. The average Bonchev–Trinajstić information content (AvgIpc) is 2.68. The highest BCUT2D eigenvalue weighted by atomic mass is 35.5. The lowest BCUT2D eigenvalue weighted by Gasteiger charge is -2.17. The van der Waals surface area contributed by atoms with Gasteiger partial charge in [-0.3, -0.25) is 0 Å².